The summed E-state index contributed by atoms with van der Waals surface area (Å²) in [5.74, 6) is -0.998. The van der Waals surface area contributed by atoms with Crippen LogP contribution in [0.25, 0.3) is 0 Å². The van der Waals surface area contributed by atoms with Crippen molar-refractivity contribution in [2.75, 3.05) is 36.0 Å². The Morgan fingerprint density at radius 3 is 1.96 bits per heavy atom. The minimum absolute atomic E-state index is 0.221. The Morgan fingerprint density at radius 2 is 1.33 bits per heavy atom. The molecule has 4 rings (SSSR count). The molecule has 7 heteroatoms. The minimum Gasteiger partial charge on any atom is -0.508 e. The molecule has 2 aliphatic rings. The molecular formula is C20H18FN3O3. The van der Waals surface area contributed by atoms with Crippen molar-refractivity contribution in [3.05, 3.63) is 66.1 Å². The Labute approximate surface area is 155 Å². The number of phenolic OH excluding ortho intramolecular Hbond substituents is 1. The van der Waals surface area contributed by atoms with Crippen LogP contribution in [0.15, 0.2) is 60.3 Å². The number of carbonyl (C=O) groups excluding carboxylic acids is 2. The van der Waals surface area contributed by atoms with Crippen molar-refractivity contribution < 1.29 is 19.1 Å². The molecule has 0 aromatic heterocycles. The van der Waals surface area contributed by atoms with Crippen molar-refractivity contribution in [3.8, 4) is 5.75 Å². The van der Waals surface area contributed by atoms with Crippen LogP contribution in [0.1, 0.15) is 0 Å². The van der Waals surface area contributed by atoms with Gasteiger partial charge in [0.1, 0.15) is 17.3 Å². The first-order chi connectivity index (χ1) is 13.0. The number of amides is 2. The van der Waals surface area contributed by atoms with Crippen LogP contribution in [-0.2, 0) is 9.59 Å². The Hall–Kier alpha value is -3.35. The first-order valence-corrected chi connectivity index (χ1v) is 8.67. The van der Waals surface area contributed by atoms with E-state index in [2.05, 4.69) is 4.90 Å². The van der Waals surface area contributed by atoms with Crippen molar-refractivity contribution in [1.29, 1.82) is 0 Å². The number of rotatable bonds is 3. The summed E-state index contributed by atoms with van der Waals surface area (Å²) in [4.78, 5) is 30.2. The second kappa shape index (κ2) is 6.75. The van der Waals surface area contributed by atoms with Gasteiger partial charge in [-0.1, -0.05) is 0 Å². The maximum Gasteiger partial charge on any atom is 0.281 e. The molecule has 0 unspecified atom stereocenters. The topological polar surface area (TPSA) is 64.1 Å². The Kier molecular flexibility index (Phi) is 4.27. The Balaban J connectivity index is 1.45. The van der Waals surface area contributed by atoms with Crippen LogP contribution in [-0.4, -0.2) is 48.0 Å². The summed E-state index contributed by atoms with van der Waals surface area (Å²) in [6, 6.07) is 12.3. The van der Waals surface area contributed by atoms with E-state index in [1.807, 2.05) is 17.0 Å². The van der Waals surface area contributed by atoms with Crippen molar-refractivity contribution in [2.24, 2.45) is 0 Å². The number of nitrogens with zero attached hydrogens (tertiary/aromatic N) is 3. The van der Waals surface area contributed by atoms with E-state index >= 15 is 0 Å². The zero-order valence-electron chi connectivity index (χ0n) is 14.5. The van der Waals surface area contributed by atoms with Crippen LogP contribution < -0.4 is 9.80 Å². The van der Waals surface area contributed by atoms with Gasteiger partial charge in [0.25, 0.3) is 11.8 Å². The molecule has 2 aliphatic heterocycles. The third kappa shape index (κ3) is 3.23. The molecule has 138 valence electrons. The average Bonchev–Trinajstić information content (AvgIpc) is 2.98. The summed E-state index contributed by atoms with van der Waals surface area (Å²) < 4.78 is 13.1. The van der Waals surface area contributed by atoms with E-state index in [4.69, 9.17) is 0 Å². The lowest BCUT2D eigenvalue weighted by Crippen LogP contribution is -2.47. The van der Waals surface area contributed by atoms with Gasteiger partial charge in [-0.25, -0.2) is 9.29 Å². The van der Waals surface area contributed by atoms with Gasteiger partial charge in [0, 0.05) is 37.9 Å². The van der Waals surface area contributed by atoms with E-state index in [0.29, 0.717) is 37.6 Å². The van der Waals surface area contributed by atoms with Gasteiger partial charge in [-0.2, -0.15) is 0 Å². The standard InChI is InChI=1S/C20H18FN3O3/c21-14-1-3-16(4-2-14)24-19(26)13-18(20(24)27)23-11-9-22(10-12-23)15-5-7-17(25)8-6-15/h1-8,13,25H,9-12H2. The molecular weight excluding hydrogens is 349 g/mol. The molecule has 6 nitrogen and oxygen atoms in total. The zero-order chi connectivity index (χ0) is 19.0. The third-order valence-electron chi connectivity index (χ3n) is 4.82. The first-order valence-electron chi connectivity index (χ1n) is 8.67. The summed E-state index contributed by atoms with van der Waals surface area (Å²) in [7, 11) is 0. The average molecular weight is 367 g/mol. The highest BCUT2D eigenvalue weighted by Gasteiger charge is 2.36. The lowest BCUT2D eigenvalue weighted by atomic mass is 10.2. The number of anilines is 2. The predicted octanol–water partition coefficient (Wildman–Crippen LogP) is 2.11. The number of aromatic hydroxyl groups is 1. The Bertz CT molecular complexity index is 901. The monoisotopic (exact) mass is 367 g/mol. The van der Waals surface area contributed by atoms with Crippen molar-refractivity contribution in [1.82, 2.24) is 4.90 Å². The van der Waals surface area contributed by atoms with Gasteiger partial charge >= 0.3 is 0 Å². The highest BCUT2D eigenvalue weighted by atomic mass is 19.1. The quantitative estimate of drug-likeness (QED) is 0.842. The van der Waals surface area contributed by atoms with Crippen molar-refractivity contribution >= 4 is 23.2 Å². The molecule has 0 aliphatic carbocycles. The van der Waals surface area contributed by atoms with Gasteiger partial charge in [0.05, 0.1) is 5.69 Å². The second-order valence-corrected chi connectivity index (χ2v) is 6.48. The molecule has 2 aromatic rings. The van der Waals surface area contributed by atoms with E-state index in [1.165, 1.54) is 30.3 Å². The molecule has 1 N–H and O–H groups in total. The van der Waals surface area contributed by atoms with E-state index in [-0.39, 0.29) is 11.7 Å². The third-order valence-corrected chi connectivity index (χ3v) is 4.82. The van der Waals surface area contributed by atoms with Gasteiger partial charge in [-0.15, -0.1) is 0 Å². The van der Waals surface area contributed by atoms with Crippen LogP contribution in [0.4, 0.5) is 15.8 Å². The van der Waals surface area contributed by atoms with Gasteiger partial charge < -0.3 is 14.9 Å². The van der Waals surface area contributed by atoms with Gasteiger partial charge in [0.15, 0.2) is 0 Å². The predicted molar refractivity (Wildman–Crippen MR) is 98.9 cm³/mol. The number of hydrogen-bond donors (Lipinski definition) is 1. The fraction of sp³-hybridized carbons (Fsp3) is 0.200. The summed E-state index contributed by atoms with van der Waals surface area (Å²) >= 11 is 0. The van der Waals surface area contributed by atoms with Crippen LogP contribution in [0, 0.1) is 5.82 Å². The number of benzene rings is 2. The highest BCUT2D eigenvalue weighted by molar-refractivity contribution is 6.30. The highest BCUT2D eigenvalue weighted by Crippen LogP contribution is 2.26. The number of imide groups is 1. The summed E-state index contributed by atoms with van der Waals surface area (Å²) in [5, 5.41) is 9.40. The lowest BCUT2D eigenvalue weighted by Gasteiger charge is -2.37. The zero-order valence-corrected chi connectivity index (χ0v) is 14.5. The van der Waals surface area contributed by atoms with E-state index in [0.717, 1.165) is 10.6 Å². The molecule has 0 spiro atoms. The van der Waals surface area contributed by atoms with Crippen LogP contribution >= 0.6 is 0 Å². The van der Waals surface area contributed by atoms with Crippen LogP contribution in [0.5, 0.6) is 5.75 Å². The maximum absolute atomic E-state index is 13.1. The van der Waals surface area contributed by atoms with Crippen LogP contribution in [0.2, 0.25) is 0 Å². The maximum atomic E-state index is 13.1. The van der Waals surface area contributed by atoms with Crippen molar-refractivity contribution in [2.45, 2.75) is 0 Å². The van der Waals surface area contributed by atoms with Gasteiger partial charge in [-0.05, 0) is 48.5 Å². The lowest BCUT2D eigenvalue weighted by molar-refractivity contribution is -0.121. The molecule has 1 saturated heterocycles. The van der Waals surface area contributed by atoms with Crippen molar-refractivity contribution in [3.63, 3.8) is 0 Å². The Morgan fingerprint density at radius 1 is 0.778 bits per heavy atom. The van der Waals surface area contributed by atoms with E-state index in [1.54, 1.807) is 12.1 Å². The first kappa shape index (κ1) is 17.1. The second-order valence-electron chi connectivity index (χ2n) is 6.48. The molecule has 2 amide bonds. The molecule has 2 aromatic carbocycles. The summed E-state index contributed by atoms with van der Waals surface area (Å²) in [6.45, 7) is 2.59. The number of carbonyl (C=O) groups is 2. The number of piperazine rings is 1. The number of phenols is 1. The minimum atomic E-state index is -0.420. The summed E-state index contributed by atoms with van der Waals surface area (Å²) in [5.41, 5.74) is 1.73. The molecule has 1 fully saturated rings. The smallest absolute Gasteiger partial charge is 0.281 e. The normalized spacial score (nSPS) is 17.5. The van der Waals surface area contributed by atoms with Gasteiger partial charge in [0.2, 0.25) is 0 Å². The molecule has 2 heterocycles. The molecule has 0 saturated carbocycles. The van der Waals surface area contributed by atoms with E-state index in [9.17, 15) is 19.1 Å². The molecule has 0 bridgehead atoms. The van der Waals surface area contributed by atoms with Crippen LogP contribution in [0.3, 0.4) is 0 Å². The fourth-order valence-electron chi connectivity index (χ4n) is 3.39. The number of hydrogen-bond acceptors (Lipinski definition) is 5. The molecule has 0 radical (unpaired) electrons. The van der Waals surface area contributed by atoms with E-state index < -0.39 is 11.7 Å². The fourth-order valence-corrected chi connectivity index (χ4v) is 3.39. The van der Waals surface area contributed by atoms with Gasteiger partial charge in [-0.3, -0.25) is 9.59 Å². The largest absolute Gasteiger partial charge is 0.508 e. The number of halogens is 1. The molecule has 27 heavy (non-hydrogen) atoms. The molecule has 0 atom stereocenters. The SMILES string of the molecule is O=C1C=C(N2CCN(c3ccc(O)cc3)CC2)C(=O)N1c1ccc(F)cc1. The summed E-state index contributed by atoms with van der Waals surface area (Å²) in [6.07, 6.45) is 1.35.